The quantitative estimate of drug-likeness (QED) is 0.832. The van der Waals surface area contributed by atoms with E-state index in [9.17, 15) is 8.42 Å². The Labute approximate surface area is 107 Å². The maximum atomic E-state index is 12.1. The van der Waals surface area contributed by atoms with Crippen LogP contribution in [0.25, 0.3) is 0 Å². The Kier molecular flexibility index (Phi) is 3.01. The lowest BCUT2D eigenvalue weighted by atomic mass is 10.1. The topological polar surface area (TPSA) is 61.4 Å². The van der Waals surface area contributed by atoms with Gasteiger partial charge in [-0.25, -0.2) is 0 Å². The van der Waals surface area contributed by atoms with Gasteiger partial charge >= 0.3 is 10.2 Å². The minimum Gasteiger partial charge on any atom is -0.316 e. The number of nitrogens with one attached hydrogen (secondary N) is 2. The lowest BCUT2D eigenvalue weighted by Crippen LogP contribution is -2.42. The van der Waals surface area contributed by atoms with Gasteiger partial charge in [-0.05, 0) is 37.1 Å². The summed E-state index contributed by atoms with van der Waals surface area (Å²) in [6.45, 7) is 2.97. The van der Waals surface area contributed by atoms with E-state index in [0.29, 0.717) is 24.7 Å². The van der Waals surface area contributed by atoms with Gasteiger partial charge in [0.15, 0.2) is 0 Å². The molecule has 2 heterocycles. The molecule has 0 amide bonds. The summed E-state index contributed by atoms with van der Waals surface area (Å²) in [6, 6.07) is 7.56. The fourth-order valence-corrected chi connectivity index (χ4v) is 3.88. The lowest BCUT2D eigenvalue weighted by molar-refractivity contribution is 0.348. The first-order valence-electron chi connectivity index (χ1n) is 6.22. The molecule has 6 heteroatoms. The molecule has 0 aromatic heterocycles. The largest absolute Gasteiger partial charge is 0.316 e. The first-order chi connectivity index (χ1) is 8.65. The number of para-hydroxylation sites is 1. The van der Waals surface area contributed by atoms with E-state index in [1.165, 1.54) is 0 Å². The van der Waals surface area contributed by atoms with E-state index in [2.05, 4.69) is 10.0 Å². The van der Waals surface area contributed by atoms with Gasteiger partial charge < -0.3 is 5.32 Å². The summed E-state index contributed by atoms with van der Waals surface area (Å²) in [5, 5.41) is 3.27. The maximum absolute atomic E-state index is 12.1. The molecule has 18 heavy (non-hydrogen) atoms. The Morgan fingerprint density at radius 2 is 2.17 bits per heavy atom. The van der Waals surface area contributed by atoms with Crippen molar-refractivity contribution in [2.24, 2.45) is 5.92 Å². The van der Waals surface area contributed by atoms with Crippen molar-refractivity contribution in [1.29, 1.82) is 0 Å². The van der Waals surface area contributed by atoms with Crippen LogP contribution in [0.1, 0.15) is 12.0 Å². The van der Waals surface area contributed by atoms with Gasteiger partial charge in [0, 0.05) is 13.1 Å². The van der Waals surface area contributed by atoms with Crippen LogP contribution in [0, 0.1) is 5.92 Å². The number of fused-ring (bicyclic) bond motifs is 1. The zero-order valence-electron chi connectivity index (χ0n) is 10.1. The molecule has 98 valence electrons. The number of anilines is 1. The van der Waals surface area contributed by atoms with Crippen molar-refractivity contribution >= 4 is 15.9 Å². The summed E-state index contributed by atoms with van der Waals surface area (Å²) in [4.78, 5) is 0. The van der Waals surface area contributed by atoms with Crippen LogP contribution in [-0.4, -0.2) is 32.4 Å². The standard InChI is InChI=1S/C12H17N3O2S/c16-18(17)14-12-4-2-1-3-11(12)9-15(18)8-10-5-6-13-7-10/h1-4,10,13-14H,5-9H2/t10-/m0/s1. The van der Waals surface area contributed by atoms with Gasteiger partial charge in [-0.1, -0.05) is 18.2 Å². The van der Waals surface area contributed by atoms with Crippen LogP contribution in [0.2, 0.25) is 0 Å². The molecule has 2 N–H and O–H groups in total. The minimum atomic E-state index is -3.37. The van der Waals surface area contributed by atoms with E-state index >= 15 is 0 Å². The van der Waals surface area contributed by atoms with Gasteiger partial charge in [-0.2, -0.15) is 12.7 Å². The molecule has 0 radical (unpaired) electrons. The second-order valence-electron chi connectivity index (χ2n) is 4.92. The van der Waals surface area contributed by atoms with Crippen LogP contribution in [0.4, 0.5) is 5.69 Å². The summed E-state index contributed by atoms with van der Waals surface area (Å²) in [5.74, 6) is 0.423. The Balaban J connectivity index is 1.82. The van der Waals surface area contributed by atoms with Crippen molar-refractivity contribution in [2.45, 2.75) is 13.0 Å². The molecule has 1 saturated heterocycles. The molecule has 3 rings (SSSR count). The van der Waals surface area contributed by atoms with E-state index in [-0.39, 0.29) is 0 Å². The highest BCUT2D eigenvalue weighted by Crippen LogP contribution is 2.27. The summed E-state index contributed by atoms with van der Waals surface area (Å²) in [7, 11) is -3.37. The van der Waals surface area contributed by atoms with Crippen LogP contribution in [-0.2, 0) is 16.8 Å². The Hall–Kier alpha value is -1.11. The summed E-state index contributed by atoms with van der Waals surface area (Å²) >= 11 is 0. The van der Waals surface area contributed by atoms with Crippen molar-refractivity contribution in [1.82, 2.24) is 9.62 Å². The lowest BCUT2D eigenvalue weighted by Gasteiger charge is -2.30. The average molecular weight is 267 g/mol. The van der Waals surface area contributed by atoms with E-state index in [1.54, 1.807) is 10.4 Å². The highest BCUT2D eigenvalue weighted by Gasteiger charge is 2.31. The zero-order valence-corrected chi connectivity index (χ0v) is 10.9. The number of rotatable bonds is 2. The van der Waals surface area contributed by atoms with Crippen LogP contribution in [0.3, 0.4) is 0 Å². The second kappa shape index (κ2) is 4.53. The van der Waals surface area contributed by atoms with Gasteiger partial charge in [0.25, 0.3) is 0 Å². The smallest absolute Gasteiger partial charge is 0.301 e. The minimum absolute atomic E-state index is 0.423. The third kappa shape index (κ3) is 2.23. The highest BCUT2D eigenvalue weighted by molar-refractivity contribution is 7.90. The van der Waals surface area contributed by atoms with Crippen LogP contribution >= 0.6 is 0 Å². The van der Waals surface area contributed by atoms with E-state index < -0.39 is 10.2 Å². The van der Waals surface area contributed by atoms with Crippen molar-refractivity contribution in [2.75, 3.05) is 24.4 Å². The van der Waals surface area contributed by atoms with Gasteiger partial charge in [0.1, 0.15) is 0 Å². The zero-order chi connectivity index (χ0) is 12.6. The molecule has 1 aromatic carbocycles. The Bertz CT molecular complexity index is 538. The summed E-state index contributed by atoms with van der Waals surface area (Å²) in [6.07, 6.45) is 1.05. The monoisotopic (exact) mass is 267 g/mol. The SMILES string of the molecule is O=S1(=O)Nc2ccccc2CN1C[C@H]1CCNC1. The third-order valence-corrected chi connectivity index (χ3v) is 5.00. The molecule has 1 fully saturated rings. The van der Waals surface area contributed by atoms with Gasteiger partial charge in [0.2, 0.25) is 0 Å². The normalized spacial score (nSPS) is 26.6. The molecule has 0 saturated carbocycles. The fourth-order valence-electron chi connectivity index (χ4n) is 2.56. The fraction of sp³-hybridized carbons (Fsp3) is 0.500. The first kappa shape index (κ1) is 12.0. The molecule has 0 aliphatic carbocycles. The molecular formula is C12H17N3O2S. The Morgan fingerprint density at radius 3 is 2.94 bits per heavy atom. The number of nitrogens with zero attached hydrogens (tertiary/aromatic N) is 1. The van der Waals surface area contributed by atoms with Crippen molar-refractivity contribution < 1.29 is 8.42 Å². The third-order valence-electron chi connectivity index (χ3n) is 3.57. The van der Waals surface area contributed by atoms with Gasteiger partial charge in [-0.3, -0.25) is 4.72 Å². The van der Waals surface area contributed by atoms with Gasteiger partial charge in [0.05, 0.1) is 5.69 Å². The molecule has 0 bridgehead atoms. The molecule has 1 aromatic rings. The first-order valence-corrected chi connectivity index (χ1v) is 7.66. The highest BCUT2D eigenvalue weighted by atomic mass is 32.2. The molecule has 5 nitrogen and oxygen atoms in total. The Morgan fingerprint density at radius 1 is 1.33 bits per heavy atom. The second-order valence-corrected chi connectivity index (χ2v) is 6.59. The number of hydrogen-bond acceptors (Lipinski definition) is 3. The van der Waals surface area contributed by atoms with E-state index in [4.69, 9.17) is 0 Å². The van der Waals surface area contributed by atoms with Crippen LogP contribution < -0.4 is 10.0 Å². The van der Waals surface area contributed by atoms with Crippen LogP contribution in [0.5, 0.6) is 0 Å². The van der Waals surface area contributed by atoms with Crippen LogP contribution in [0.15, 0.2) is 24.3 Å². The summed E-state index contributed by atoms with van der Waals surface area (Å²) < 4.78 is 28.4. The predicted octanol–water partition coefficient (Wildman–Crippen LogP) is 0.768. The number of hydrogen-bond donors (Lipinski definition) is 2. The average Bonchev–Trinajstić information content (AvgIpc) is 2.82. The van der Waals surface area contributed by atoms with Crippen molar-refractivity contribution in [3.8, 4) is 0 Å². The van der Waals surface area contributed by atoms with Gasteiger partial charge in [-0.15, -0.1) is 0 Å². The summed E-state index contributed by atoms with van der Waals surface area (Å²) in [5.41, 5.74) is 1.75. The molecule has 0 unspecified atom stereocenters. The number of benzene rings is 1. The molecule has 2 aliphatic rings. The maximum Gasteiger partial charge on any atom is 0.301 e. The van der Waals surface area contributed by atoms with Crippen molar-refractivity contribution in [3.05, 3.63) is 29.8 Å². The molecule has 1 atom stereocenters. The molecular weight excluding hydrogens is 250 g/mol. The van der Waals surface area contributed by atoms with Crippen molar-refractivity contribution in [3.63, 3.8) is 0 Å². The molecule has 2 aliphatic heterocycles. The van der Waals surface area contributed by atoms with E-state index in [0.717, 1.165) is 25.1 Å². The predicted molar refractivity (Wildman–Crippen MR) is 70.4 cm³/mol. The molecule has 0 spiro atoms. The van der Waals surface area contributed by atoms with E-state index in [1.807, 2.05) is 18.2 Å².